The van der Waals surface area contributed by atoms with E-state index in [4.69, 9.17) is 4.98 Å². The maximum atomic E-state index is 13.7. The van der Waals surface area contributed by atoms with E-state index in [1.165, 1.54) is 17.5 Å². The molecule has 1 N–H and O–H groups in total. The van der Waals surface area contributed by atoms with Gasteiger partial charge in [-0.05, 0) is 50.3 Å². The zero-order chi connectivity index (χ0) is 25.4. The average Bonchev–Trinajstić information content (AvgIpc) is 3.51. The molecule has 1 saturated heterocycles. The zero-order valence-electron chi connectivity index (χ0n) is 21.7. The Bertz CT molecular complexity index is 1310. The summed E-state index contributed by atoms with van der Waals surface area (Å²) in [6.07, 6.45) is 6.73. The molecule has 3 heterocycles. The van der Waals surface area contributed by atoms with E-state index in [-0.39, 0.29) is 17.9 Å². The van der Waals surface area contributed by atoms with Crippen LogP contribution in [0.1, 0.15) is 76.1 Å². The molecule has 2 aliphatic heterocycles. The van der Waals surface area contributed by atoms with Gasteiger partial charge in [0.25, 0.3) is 11.8 Å². The van der Waals surface area contributed by atoms with Crippen LogP contribution in [0.3, 0.4) is 0 Å². The molecule has 192 valence electrons. The molecule has 0 bridgehead atoms. The fourth-order valence-electron chi connectivity index (χ4n) is 6.41. The molecule has 0 radical (unpaired) electrons. The van der Waals surface area contributed by atoms with Crippen LogP contribution in [0.25, 0.3) is 10.9 Å². The third kappa shape index (κ3) is 4.87. The maximum Gasteiger partial charge on any atom is 0.273 e. The summed E-state index contributed by atoms with van der Waals surface area (Å²) in [7, 11) is 0. The van der Waals surface area contributed by atoms with Gasteiger partial charge in [0.15, 0.2) is 0 Å². The van der Waals surface area contributed by atoms with Crippen molar-refractivity contribution < 1.29 is 9.59 Å². The number of carbonyl (C=O) groups is 2. The standard InChI is InChI=1S/C31H36N4O2/c1-21-11-13-22(14-12-21)18-34-16-15-23(19-34)17-32-30(36)28-25-9-5-6-10-27(25)33-29-26(28)20-35(31(29)37)24-7-3-2-4-8-24/h5-6,9-14,23-24H,2-4,7-8,15-20H2,1H3,(H,32,36). The molecule has 37 heavy (non-hydrogen) atoms. The molecule has 6 nitrogen and oxygen atoms in total. The minimum atomic E-state index is -0.0786. The Morgan fingerprint density at radius 2 is 1.81 bits per heavy atom. The monoisotopic (exact) mass is 496 g/mol. The van der Waals surface area contributed by atoms with Crippen LogP contribution in [0.15, 0.2) is 48.5 Å². The summed E-state index contributed by atoms with van der Waals surface area (Å²) in [6.45, 7) is 6.24. The lowest BCUT2D eigenvalue weighted by atomic mass is 9.94. The molecule has 1 aliphatic carbocycles. The molecule has 2 fully saturated rings. The Kier molecular flexibility index (Phi) is 6.68. The largest absolute Gasteiger partial charge is 0.352 e. The Labute approximate surface area is 219 Å². The van der Waals surface area contributed by atoms with Gasteiger partial charge in [-0.25, -0.2) is 4.98 Å². The molecule has 3 aromatic rings. The first kappa shape index (κ1) is 24.1. The van der Waals surface area contributed by atoms with Crippen LogP contribution < -0.4 is 5.32 Å². The highest BCUT2D eigenvalue weighted by Gasteiger charge is 2.38. The average molecular weight is 497 g/mol. The number of hydrogen-bond donors (Lipinski definition) is 1. The maximum absolute atomic E-state index is 13.7. The first-order valence-electron chi connectivity index (χ1n) is 13.9. The second-order valence-electron chi connectivity index (χ2n) is 11.1. The predicted molar refractivity (Wildman–Crippen MR) is 145 cm³/mol. The Morgan fingerprint density at radius 3 is 2.62 bits per heavy atom. The summed E-state index contributed by atoms with van der Waals surface area (Å²) in [4.78, 5) is 36.3. The van der Waals surface area contributed by atoms with E-state index in [1.54, 1.807) is 0 Å². The van der Waals surface area contributed by atoms with Crippen LogP contribution in [0.5, 0.6) is 0 Å². The molecular formula is C31H36N4O2. The van der Waals surface area contributed by atoms with E-state index >= 15 is 0 Å². The Balaban J connectivity index is 1.17. The summed E-state index contributed by atoms with van der Waals surface area (Å²) in [5.74, 6) is 0.338. The van der Waals surface area contributed by atoms with E-state index < -0.39 is 0 Å². The van der Waals surface area contributed by atoms with Crippen molar-refractivity contribution in [1.82, 2.24) is 20.1 Å². The van der Waals surface area contributed by atoms with Crippen molar-refractivity contribution in [1.29, 1.82) is 0 Å². The molecule has 3 aliphatic rings. The Hall–Kier alpha value is -3.25. The number of aromatic nitrogens is 1. The summed E-state index contributed by atoms with van der Waals surface area (Å²) in [5, 5.41) is 4.08. The molecule has 1 saturated carbocycles. The molecule has 0 spiro atoms. The van der Waals surface area contributed by atoms with Crippen molar-refractivity contribution >= 4 is 22.7 Å². The number of benzene rings is 2. The van der Waals surface area contributed by atoms with Crippen molar-refractivity contribution in [2.75, 3.05) is 19.6 Å². The van der Waals surface area contributed by atoms with Crippen LogP contribution in [0, 0.1) is 12.8 Å². The van der Waals surface area contributed by atoms with Crippen molar-refractivity contribution in [2.45, 2.75) is 64.6 Å². The van der Waals surface area contributed by atoms with Gasteiger partial charge in [-0.3, -0.25) is 14.5 Å². The van der Waals surface area contributed by atoms with Crippen molar-refractivity contribution in [3.63, 3.8) is 0 Å². The molecule has 6 heteroatoms. The lowest BCUT2D eigenvalue weighted by molar-refractivity contribution is 0.0655. The molecule has 6 rings (SSSR count). The number of hydrogen-bond acceptors (Lipinski definition) is 4. The molecule has 1 aromatic heterocycles. The fraction of sp³-hybridized carbons (Fsp3) is 0.452. The summed E-state index contributed by atoms with van der Waals surface area (Å²) in [6, 6.07) is 16.7. The van der Waals surface area contributed by atoms with Gasteiger partial charge in [0.2, 0.25) is 0 Å². The van der Waals surface area contributed by atoms with E-state index in [1.807, 2.05) is 29.2 Å². The molecular weight excluding hydrogens is 460 g/mol. The molecule has 1 atom stereocenters. The summed E-state index contributed by atoms with van der Waals surface area (Å²) < 4.78 is 0. The first-order chi connectivity index (χ1) is 18.1. The number of carbonyl (C=O) groups excluding carboxylic acids is 2. The minimum absolute atomic E-state index is 0.00996. The van der Waals surface area contributed by atoms with Gasteiger partial charge in [0.05, 0.1) is 11.1 Å². The number of likely N-dealkylation sites (tertiary alicyclic amines) is 1. The molecule has 2 aromatic carbocycles. The number of amides is 2. The number of nitrogens with one attached hydrogen (secondary N) is 1. The van der Waals surface area contributed by atoms with Gasteiger partial charge in [-0.2, -0.15) is 0 Å². The highest BCUT2D eigenvalue weighted by atomic mass is 16.2. The quantitative estimate of drug-likeness (QED) is 0.517. The van der Waals surface area contributed by atoms with Gasteiger partial charge < -0.3 is 10.2 Å². The SMILES string of the molecule is Cc1ccc(CN2CCC(CNC(=O)c3c4c(nc5ccccc35)C(=O)N(C3CCCCC3)C4)C2)cc1. The topological polar surface area (TPSA) is 65.5 Å². The molecule has 2 amide bonds. The van der Waals surface area contributed by atoms with Crippen LogP contribution >= 0.6 is 0 Å². The third-order valence-electron chi connectivity index (χ3n) is 8.48. The highest BCUT2D eigenvalue weighted by molar-refractivity contribution is 6.11. The third-order valence-corrected chi connectivity index (χ3v) is 8.48. The van der Waals surface area contributed by atoms with Crippen LogP contribution in [-0.2, 0) is 13.1 Å². The smallest absolute Gasteiger partial charge is 0.273 e. The van der Waals surface area contributed by atoms with E-state index in [0.717, 1.165) is 68.2 Å². The Morgan fingerprint density at radius 1 is 1.03 bits per heavy atom. The first-order valence-corrected chi connectivity index (χ1v) is 13.9. The minimum Gasteiger partial charge on any atom is -0.352 e. The normalized spacial score (nSPS) is 20.5. The van der Waals surface area contributed by atoms with Gasteiger partial charge in [-0.15, -0.1) is 0 Å². The summed E-state index contributed by atoms with van der Waals surface area (Å²) in [5.41, 5.74) is 5.25. The van der Waals surface area contributed by atoms with Crippen LogP contribution in [0.2, 0.25) is 0 Å². The summed E-state index contributed by atoms with van der Waals surface area (Å²) >= 11 is 0. The van der Waals surface area contributed by atoms with Gasteiger partial charge >= 0.3 is 0 Å². The lowest BCUT2D eigenvalue weighted by Gasteiger charge is -2.30. The predicted octanol–water partition coefficient (Wildman–Crippen LogP) is 5.08. The number of rotatable bonds is 6. The number of nitrogens with zero attached hydrogens (tertiary/aromatic N) is 3. The molecule has 1 unspecified atom stereocenters. The number of para-hydroxylation sites is 1. The van der Waals surface area contributed by atoms with Crippen molar-refractivity contribution in [2.24, 2.45) is 5.92 Å². The van der Waals surface area contributed by atoms with Crippen LogP contribution in [-0.4, -0.2) is 52.3 Å². The second-order valence-corrected chi connectivity index (χ2v) is 11.1. The fourth-order valence-corrected chi connectivity index (χ4v) is 6.41. The number of fused-ring (bicyclic) bond motifs is 2. The van der Waals surface area contributed by atoms with E-state index in [9.17, 15) is 9.59 Å². The van der Waals surface area contributed by atoms with Crippen molar-refractivity contribution in [3.05, 3.63) is 76.5 Å². The lowest BCUT2D eigenvalue weighted by Crippen LogP contribution is -2.37. The van der Waals surface area contributed by atoms with Crippen molar-refractivity contribution in [3.8, 4) is 0 Å². The number of aryl methyl sites for hydroxylation is 1. The second kappa shape index (κ2) is 10.3. The van der Waals surface area contributed by atoms with E-state index in [0.29, 0.717) is 30.3 Å². The number of pyridine rings is 1. The van der Waals surface area contributed by atoms with Gasteiger partial charge in [-0.1, -0.05) is 67.3 Å². The van der Waals surface area contributed by atoms with Gasteiger partial charge in [0, 0.05) is 43.2 Å². The highest BCUT2D eigenvalue weighted by Crippen LogP contribution is 2.34. The van der Waals surface area contributed by atoms with Gasteiger partial charge in [0.1, 0.15) is 5.69 Å². The van der Waals surface area contributed by atoms with Crippen LogP contribution in [0.4, 0.5) is 0 Å². The zero-order valence-corrected chi connectivity index (χ0v) is 21.7. The van der Waals surface area contributed by atoms with E-state index in [2.05, 4.69) is 41.4 Å².